The van der Waals surface area contributed by atoms with Gasteiger partial charge in [-0.2, -0.15) is 0 Å². The number of amides is 2. The highest BCUT2D eigenvalue weighted by Gasteiger charge is 2.16. The molecule has 0 bridgehead atoms. The number of nitrogens with two attached hydrogens (primary N) is 1. The molecule has 0 saturated heterocycles. The summed E-state index contributed by atoms with van der Waals surface area (Å²) in [6, 6.07) is 10.5. The molecule has 1 aliphatic heterocycles. The van der Waals surface area contributed by atoms with Gasteiger partial charge in [-0.3, -0.25) is 9.59 Å². The summed E-state index contributed by atoms with van der Waals surface area (Å²) >= 11 is 3.46. The number of hydrogen-bond donors (Lipinski definition) is 2. The third-order valence-corrected chi connectivity index (χ3v) is 4.50. The first-order chi connectivity index (χ1) is 12.0. The molecule has 2 amide bonds. The summed E-state index contributed by atoms with van der Waals surface area (Å²) in [5.74, 6) is 0.687. The minimum absolute atomic E-state index is 0.137. The van der Waals surface area contributed by atoms with E-state index in [0.29, 0.717) is 36.8 Å². The number of nitrogens with one attached hydrogen (secondary N) is 1. The second-order valence-corrected chi connectivity index (χ2v) is 6.46. The Bertz CT molecular complexity index is 823. The normalized spacial score (nSPS) is 12.5. The zero-order valence-electron chi connectivity index (χ0n) is 13.4. The molecule has 0 spiro atoms. The molecule has 3 N–H and O–H groups in total. The summed E-state index contributed by atoms with van der Waals surface area (Å²) in [6.45, 7) is 1.34. The van der Waals surface area contributed by atoms with Crippen LogP contribution in [-0.4, -0.2) is 25.0 Å². The van der Waals surface area contributed by atoms with Crippen LogP contribution in [0.15, 0.2) is 40.9 Å². The number of carbonyl (C=O) groups is 2. The van der Waals surface area contributed by atoms with Gasteiger partial charge in [0, 0.05) is 16.6 Å². The fourth-order valence-corrected chi connectivity index (χ4v) is 2.97. The van der Waals surface area contributed by atoms with Gasteiger partial charge < -0.3 is 20.5 Å². The van der Waals surface area contributed by atoms with Gasteiger partial charge in [-0.1, -0.05) is 28.1 Å². The molecule has 3 rings (SSSR count). The Morgan fingerprint density at radius 2 is 1.84 bits per heavy atom. The third-order valence-electron chi connectivity index (χ3n) is 3.76. The average Bonchev–Trinajstić information content (AvgIpc) is 2.61. The minimum Gasteiger partial charge on any atom is -0.486 e. The van der Waals surface area contributed by atoms with Crippen LogP contribution in [0.1, 0.15) is 21.5 Å². The van der Waals surface area contributed by atoms with Crippen molar-refractivity contribution in [2.45, 2.75) is 13.0 Å². The summed E-state index contributed by atoms with van der Waals surface area (Å²) in [7, 11) is 0. The lowest BCUT2D eigenvalue weighted by Gasteiger charge is -2.19. The first-order valence-corrected chi connectivity index (χ1v) is 8.55. The summed E-state index contributed by atoms with van der Waals surface area (Å²) in [6.07, 6.45) is 0.201. The zero-order valence-corrected chi connectivity index (χ0v) is 15.0. The van der Waals surface area contributed by atoms with Crippen LogP contribution in [0, 0.1) is 0 Å². The van der Waals surface area contributed by atoms with E-state index in [1.807, 2.05) is 18.2 Å². The van der Waals surface area contributed by atoms with Gasteiger partial charge >= 0.3 is 0 Å². The zero-order chi connectivity index (χ0) is 17.8. The molecule has 0 radical (unpaired) electrons. The molecular weight excluding hydrogens is 388 g/mol. The molecular formula is C18H17BrN2O4. The number of halogens is 1. The maximum Gasteiger partial charge on any atom is 0.248 e. The van der Waals surface area contributed by atoms with Crippen LogP contribution in [0.4, 0.5) is 0 Å². The van der Waals surface area contributed by atoms with Crippen molar-refractivity contribution in [3.8, 4) is 11.5 Å². The fourth-order valence-electron chi connectivity index (χ4n) is 2.51. The predicted octanol–water partition coefficient (Wildman–Crippen LogP) is 2.18. The van der Waals surface area contributed by atoms with Crippen LogP contribution in [0.5, 0.6) is 11.5 Å². The monoisotopic (exact) mass is 404 g/mol. The van der Waals surface area contributed by atoms with Gasteiger partial charge in [-0.05, 0) is 35.4 Å². The quantitative estimate of drug-likeness (QED) is 0.798. The molecule has 0 atom stereocenters. The van der Waals surface area contributed by atoms with Crippen molar-refractivity contribution in [1.29, 1.82) is 0 Å². The summed E-state index contributed by atoms with van der Waals surface area (Å²) < 4.78 is 11.8. The maximum atomic E-state index is 12.2. The minimum atomic E-state index is -0.492. The summed E-state index contributed by atoms with van der Waals surface area (Å²) in [5.41, 5.74) is 7.30. The molecule has 7 heteroatoms. The summed E-state index contributed by atoms with van der Waals surface area (Å²) in [4.78, 5) is 23.4. The standard InChI is InChI=1S/C18H17BrN2O4/c19-14-9-16-15(24-4-5-25-16)7-13(14)8-17(22)21-10-11-2-1-3-12(6-11)18(20)23/h1-3,6-7,9H,4-5,8,10H2,(H2,20,23)(H,21,22). The first-order valence-electron chi connectivity index (χ1n) is 7.76. The highest BCUT2D eigenvalue weighted by molar-refractivity contribution is 9.10. The maximum absolute atomic E-state index is 12.2. The van der Waals surface area contributed by atoms with Crippen molar-refractivity contribution in [2.24, 2.45) is 5.73 Å². The van der Waals surface area contributed by atoms with Crippen molar-refractivity contribution >= 4 is 27.7 Å². The van der Waals surface area contributed by atoms with Crippen LogP contribution in [-0.2, 0) is 17.8 Å². The molecule has 0 aliphatic carbocycles. The smallest absolute Gasteiger partial charge is 0.248 e. The molecule has 1 aliphatic rings. The van der Waals surface area contributed by atoms with E-state index in [9.17, 15) is 9.59 Å². The van der Waals surface area contributed by atoms with Gasteiger partial charge in [0.2, 0.25) is 11.8 Å². The second-order valence-electron chi connectivity index (χ2n) is 5.61. The highest BCUT2D eigenvalue weighted by atomic mass is 79.9. The van der Waals surface area contributed by atoms with E-state index < -0.39 is 5.91 Å². The molecule has 130 valence electrons. The molecule has 2 aromatic rings. The van der Waals surface area contributed by atoms with Crippen molar-refractivity contribution in [1.82, 2.24) is 5.32 Å². The van der Waals surface area contributed by atoms with Crippen LogP contribution >= 0.6 is 15.9 Å². The Kier molecular flexibility index (Phi) is 5.23. The molecule has 1 heterocycles. The van der Waals surface area contributed by atoms with E-state index >= 15 is 0 Å². The van der Waals surface area contributed by atoms with E-state index in [1.54, 1.807) is 18.2 Å². The van der Waals surface area contributed by atoms with Crippen LogP contribution in [0.3, 0.4) is 0 Å². The highest BCUT2D eigenvalue weighted by Crippen LogP contribution is 2.35. The molecule has 0 aromatic heterocycles. The van der Waals surface area contributed by atoms with Gasteiger partial charge in [0.15, 0.2) is 11.5 Å². The van der Waals surface area contributed by atoms with E-state index in [0.717, 1.165) is 15.6 Å². The number of carbonyl (C=O) groups excluding carboxylic acids is 2. The lowest BCUT2D eigenvalue weighted by Crippen LogP contribution is -2.25. The first kappa shape index (κ1) is 17.3. The molecule has 0 unspecified atom stereocenters. The van der Waals surface area contributed by atoms with Crippen molar-refractivity contribution < 1.29 is 19.1 Å². The van der Waals surface area contributed by atoms with E-state index in [4.69, 9.17) is 15.2 Å². The predicted molar refractivity (Wildman–Crippen MR) is 95.6 cm³/mol. The summed E-state index contributed by atoms with van der Waals surface area (Å²) in [5, 5.41) is 2.84. The van der Waals surface area contributed by atoms with Crippen molar-refractivity contribution in [2.75, 3.05) is 13.2 Å². The Hall–Kier alpha value is -2.54. The van der Waals surface area contributed by atoms with Gasteiger partial charge in [0.05, 0.1) is 6.42 Å². The molecule has 0 fully saturated rings. The Morgan fingerprint density at radius 1 is 1.12 bits per heavy atom. The van der Waals surface area contributed by atoms with Gasteiger partial charge in [-0.25, -0.2) is 0 Å². The van der Waals surface area contributed by atoms with E-state index in [2.05, 4.69) is 21.2 Å². The van der Waals surface area contributed by atoms with E-state index in [1.165, 1.54) is 0 Å². The van der Waals surface area contributed by atoms with Crippen LogP contribution in [0.2, 0.25) is 0 Å². The van der Waals surface area contributed by atoms with Crippen molar-refractivity contribution in [3.63, 3.8) is 0 Å². The SMILES string of the molecule is NC(=O)c1cccc(CNC(=O)Cc2cc3c(cc2Br)OCCO3)c1. The van der Waals surface area contributed by atoms with E-state index in [-0.39, 0.29) is 12.3 Å². The Balaban J connectivity index is 1.63. The van der Waals surface area contributed by atoms with Crippen LogP contribution in [0.25, 0.3) is 0 Å². The number of primary amides is 1. The topological polar surface area (TPSA) is 90.7 Å². The number of hydrogen-bond acceptors (Lipinski definition) is 4. The molecule has 2 aromatic carbocycles. The van der Waals surface area contributed by atoms with Crippen molar-refractivity contribution in [3.05, 3.63) is 57.6 Å². The van der Waals surface area contributed by atoms with Gasteiger partial charge in [0.1, 0.15) is 13.2 Å². The average molecular weight is 405 g/mol. The van der Waals surface area contributed by atoms with Gasteiger partial charge in [-0.15, -0.1) is 0 Å². The second kappa shape index (κ2) is 7.57. The number of fused-ring (bicyclic) bond motifs is 1. The molecule has 0 saturated carbocycles. The molecule has 25 heavy (non-hydrogen) atoms. The fraction of sp³-hybridized carbons (Fsp3) is 0.222. The van der Waals surface area contributed by atoms with Crippen LogP contribution < -0.4 is 20.5 Å². The number of benzene rings is 2. The largest absolute Gasteiger partial charge is 0.486 e. The Morgan fingerprint density at radius 3 is 2.56 bits per heavy atom. The lowest BCUT2D eigenvalue weighted by atomic mass is 10.1. The Labute approximate surface area is 153 Å². The van der Waals surface area contributed by atoms with Gasteiger partial charge in [0.25, 0.3) is 0 Å². The molecule has 6 nitrogen and oxygen atoms in total. The lowest BCUT2D eigenvalue weighted by molar-refractivity contribution is -0.120. The third kappa shape index (κ3) is 4.30. The number of rotatable bonds is 5. The number of ether oxygens (including phenoxy) is 2.